The molecule has 0 amide bonds. The highest BCUT2D eigenvalue weighted by atomic mass is 32.2. The molecule has 0 atom stereocenters. The lowest BCUT2D eigenvalue weighted by molar-refractivity contribution is 0.157. The second-order valence-corrected chi connectivity index (χ2v) is 9.81. The molecule has 0 bridgehead atoms. The summed E-state index contributed by atoms with van der Waals surface area (Å²) in [7, 11) is -3.65. The van der Waals surface area contributed by atoms with Crippen LogP contribution in [0.3, 0.4) is 0 Å². The van der Waals surface area contributed by atoms with Gasteiger partial charge < -0.3 is 14.8 Å². The molecule has 1 fully saturated rings. The lowest BCUT2D eigenvalue weighted by Gasteiger charge is -2.46. The Morgan fingerprint density at radius 1 is 1.04 bits per heavy atom. The Balaban J connectivity index is 2.25. The minimum Gasteiger partial charge on any atom is -0.490 e. The first-order chi connectivity index (χ1) is 12.0. The monoisotopic (exact) mass is 384 g/mol. The molecule has 0 unspecified atom stereocenters. The van der Waals surface area contributed by atoms with Gasteiger partial charge in [-0.15, -0.1) is 0 Å². The highest BCUT2D eigenvalue weighted by molar-refractivity contribution is 7.89. The highest BCUT2D eigenvalue weighted by Gasteiger charge is 2.39. The van der Waals surface area contributed by atoms with Crippen LogP contribution in [0.5, 0.6) is 11.5 Å². The first-order valence-electron chi connectivity index (χ1n) is 9.19. The molecular weight excluding hydrogens is 352 g/mol. The molecule has 7 heteroatoms. The number of hydrogen-bond donors (Lipinski definition) is 2. The maximum atomic E-state index is 12.9. The van der Waals surface area contributed by atoms with Crippen molar-refractivity contribution in [2.45, 2.75) is 76.4 Å². The topological polar surface area (TPSA) is 76.7 Å². The average molecular weight is 385 g/mol. The van der Waals surface area contributed by atoms with Gasteiger partial charge in [-0.3, -0.25) is 0 Å². The van der Waals surface area contributed by atoms with Gasteiger partial charge in [-0.1, -0.05) is 0 Å². The summed E-state index contributed by atoms with van der Waals surface area (Å²) in [6.45, 7) is 13.0. The molecule has 0 radical (unpaired) electrons. The van der Waals surface area contributed by atoms with Crippen LogP contribution in [0.25, 0.3) is 0 Å². The molecule has 26 heavy (non-hydrogen) atoms. The fourth-order valence-electron chi connectivity index (χ4n) is 3.89. The summed E-state index contributed by atoms with van der Waals surface area (Å²) in [4.78, 5) is 0.193. The predicted molar refractivity (Wildman–Crippen MR) is 103 cm³/mol. The van der Waals surface area contributed by atoms with Gasteiger partial charge in [-0.25, -0.2) is 13.1 Å². The Bertz CT molecular complexity index is 713. The molecule has 1 saturated heterocycles. The number of ether oxygens (including phenoxy) is 2. The van der Waals surface area contributed by atoms with E-state index >= 15 is 0 Å². The third-order valence-electron chi connectivity index (χ3n) is 4.34. The van der Waals surface area contributed by atoms with Gasteiger partial charge in [-0.05, 0) is 66.5 Å². The molecule has 2 rings (SSSR count). The van der Waals surface area contributed by atoms with Crippen LogP contribution in [-0.4, -0.2) is 38.8 Å². The van der Waals surface area contributed by atoms with E-state index in [1.54, 1.807) is 12.1 Å². The Labute approximate surface area is 157 Å². The van der Waals surface area contributed by atoms with Gasteiger partial charge in [0.25, 0.3) is 0 Å². The minimum absolute atomic E-state index is 0.131. The molecule has 1 heterocycles. The van der Waals surface area contributed by atoms with E-state index in [2.05, 4.69) is 37.7 Å². The molecule has 1 aromatic rings. The SMILES string of the molecule is CCOc1ccc(S(=O)(=O)NC2CC(C)(C)NC(C)(C)C2)cc1OCC. The van der Waals surface area contributed by atoms with Gasteiger partial charge >= 0.3 is 0 Å². The number of sulfonamides is 1. The number of piperidine rings is 1. The van der Waals surface area contributed by atoms with Crippen LogP contribution in [0.1, 0.15) is 54.4 Å². The number of hydrogen-bond acceptors (Lipinski definition) is 5. The minimum atomic E-state index is -3.65. The van der Waals surface area contributed by atoms with Crippen LogP contribution in [0.2, 0.25) is 0 Å². The zero-order valence-electron chi connectivity index (χ0n) is 16.7. The second-order valence-electron chi connectivity index (χ2n) is 8.09. The zero-order valence-corrected chi connectivity index (χ0v) is 17.5. The Hall–Kier alpha value is -1.31. The fourth-order valence-corrected chi connectivity index (χ4v) is 5.14. The van der Waals surface area contributed by atoms with Crippen molar-refractivity contribution in [3.05, 3.63) is 18.2 Å². The molecule has 0 saturated carbocycles. The smallest absolute Gasteiger partial charge is 0.240 e. The van der Waals surface area contributed by atoms with E-state index in [9.17, 15) is 8.42 Å². The quantitative estimate of drug-likeness (QED) is 0.755. The summed E-state index contributed by atoms with van der Waals surface area (Å²) in [6, 6.07) is 4.62. The molecule has 0 spiro atoms. The zero-order chi connectivity index (χ0) is 19.6. The van der Waals surface area contributed by atoms with E-state index in [-0.39, 0.29) is 22.0 Å². The first-order valence-corrected chi connectivity index (χ1v) is 10.7. The van der Waals surface area contributed by atoms with Crippen molar-refractivity contribution in [2.24, 2.45) is 0 Å². The van der Waals surface area contributed by atoms with Gasteiger partial charge in [0.2, 0.25) is 10.0 Å². The van der Waals surface area contributed by atoms with E-state index in [0.29, 0.717) is 24.7 Å². The summed E-state index contributed by atoms with van der Waals surface area (Å²) < 4.78 is 39.8. The third kappa shape index (κ3) is 5.34. The molecule has 0 aliphatic carbocycles. The summed E-state index contributed by atoms with van der Waals surface area (Å²) in [6.07, 6.45) is 1.45. The van der Waals surface area contributed by atoms with Gasteiger partial charge in [-0.2, -0.15) is 0 Å². The standard InChI is InChI=1S/C19H32N2O4S/c1-7-24-16-10-9-15(11-17(16)25-8-2)26(22,23)20-14-12-18(3,4)21-19(5,6)13-14/h9-11,14,20-21H,7-8,12-13H2,1-6H3. The number of benzene rings is 1. The summed E-state index contributed by atoms with van der Waals surface area (Å²) >= 11 is 0. The Morgan fingerprint density at radius 3 is 2.12 bits per heavy atom. The van der Waals surface area contributed by atoms with E-state index in [1.807, 2.05) is 13.8 Å². The molecule has 1 aromatic carbocycles. The lowest BCUT2D eigenvalue weighted by Crippen LogP contribution is -2.62. The van der Waals surface area contributed by atoms with Gasteiger partial charge in [0.1, 0.15) is 0 Å². The predicted octanol–water partition coefficient (Wildman–Crippen LogP) is 3.07. The van der Waals surface area contributed by atoms with Gasteiger partial charge in [0.15, 0.2) is 11.5 Å². The van der Waals surface area contributed by atoms with E-state index in [1.165, 1.54) is 6.07 Å². The van der Waals surface area contributed by atoms with E-state index < -0.39 is 10.0 Å². The van der Waals surface area contributed by atoms with Crippen LogP contribution < -0.4 is 19.5 Å². The number of nitrogens with one attached hydrogen (secondary N) is 2. The molecule has 148 valence electrons. The maximum Gasteiger partial charge on any atom is 0.240 e. The summed E-state index contributed by atoms with van der Waals surface area (Å²) in [5.74, 6) is 1.00. The normalized spacial score (nSPS) is 19.9. The van der Waals surface area contributed by atoms with Crippen molar-refractivity contribution >= 4 is 10.0 Å². The van der Waals surface area contributed by atoms with Crippen LogP contribution in [-0.2, 0) is 10.0 Å². The Morgan fingerprint density at radius 2 is 1.58 bits per heavy atom. The summed E-state index contributed by atoms with van der Waals surface area (Å²) in [5, 5.41) is 3.56. The van der Waals surface area contributed by atoms with Crippen LogP contribution in [0.15, 0.2) is 23.1 Å². The Kier molecular flexibility index (Phi) is 6.25. The van der Waals surface area contributed by atoms with Crippen molar-refractivity contribution in [3.63, 3.8) is 0 Å². The highest BCUT2D eigenvalue weighted by Crippen LogP contribution is 2.32. The van der Waals surface area contributed by atoms with Crippen LogP contribution >= 0.6 is 0 Å². The molecule has 2 N–H and O–H groups in total. The van der Waals surface area contributed by atoms with E-state index in [0.717, 1.165) is 12.8 Å². The third-order valence-corrected chi connectivity index (χ3v) is 5.86. The van der Waals surface area contributed by atoms with Gasteiger partial charge in [0.05, 0.1) is 18.1 Å². The van der Waals surface area contributed by atoms with Gasteiger partial charge in [0, 0.05) is 23.2 Å². The maximum absolute atomic E-state index is 12.9. The first kappa shape index (κ1) is 21.0. The molecular formula is C19H32N2O4S. The van der Waals surface area contributed by atoms with Crippen molar-refractivity contribution in [1.82, 2.24) is 10.0 Å². The van der Waals surface area contributed by atoms with Crippen molar-refractivity contribution in [1.29, 1.82) is 0 Å². The number of rotatable bonds is 7. The largest absolute Gasteiger partial charge is 0.490 e. The van der Waals surface area contributed by atoms with Crippen LogP contribution in [0, 0.1) is 0 Å². The van der Waals surface area contributed by atoms with Crippen LogP contribution in [0.4, 0.5) is 0 Å². The lowest BCUT2D eigenvalue weighted by atomic mass is 9.80. The second kappa shape index (κ2) is 7.74. The molecule has 1 aliphatic heterocycles. The molecule has 6 nitrogen and oxygen atoms in total. The fraction of sp³-hybridized carbons (Fsp3) is 0.684. The van der Waals surface area contributed by atoms with Crippen molar-refractivity contribution < 1.29 is 17.9 Å². The molecule has 1 aliphatic rings. The van der Waals surface area contributed by atoms with Crippen molar-refractivity contribution in [3.8, 4) is 11.5 Å². The molecule has 0 aromatic heterocycles. The van der Waals surface area contributed by atoms with E-state index in [4.69, 9.17) is 9.47 Å². The average Bonchev–Trinajstić information content (AvgIpc) is 2.45. The summed E-state index contributed by atoms with van der Waals surface area (Å²) in [5.41, 5.74) is -0.269. The van der Waals surface area contributed by atoms with Crippen molar-refractivity contribution in [2.75, 3.05) is 13.2 Å².